The van der Waals surface area contributed by atoms with Crippen molar-refractivity contribution in [1.82, 2.24) is 10.2 Å². The zero-order valence-electron chi connectivity index (χ0n) is 10.7. The van der Waals surface area contributed by atoms with Gasteiger partial charge in [-0.1, -0.05) is 34.5 Å². The topological polar surface area (TPSA) is 54.9 Å². The highest BCUT2D eigenvalue weighted by Gasteiger charge is 2.17. The molecule has 0 saturated heterocycles. The van der Waals surface area contributed by atoms with Gasteiger partial charge in [0.1, 0.15) is 5.01 Å². The minimum Gasteiger partial charge on any atom is -0.300 e. The predicted molar refractivity (Wildman–Crippen MR) is 85.1 cm³/mol. The van der Waals surface area contributed by atoms with Gasteiger partial charge < -0.3 is 0 Å². The number of thioether (sulfide) groups is 1. The molecule has 1 heterocycles. The molecule has 4 nitrogen and oxygen atoms in total. The third-order valence-corrected chi connectivity index (χ3v) is 4.91. The van der Waals surface area contributed by atoms with E-state index in [9.17, 15) is 4.79 Å². The van der Waals surface area contributed by atoms with Crippen LogP contribution in [0.5, 0.6) is 0 Å². The molecular formula is C12H11Cl2N3OS2. The fourth-order valence-electron chi connectivity index (χ4n) is 1.37. The molecule has 1 N–H and O–H groups in total. The number of rotatable bonds is 4. The lowest BCUT2D eigenvalue weighted by molar-refractivity contribution is -0.115. The van der Waals surface area contributed by atoms with E-state index < -0.39 is 0 Å². The van der Waals surface area contributed by atoms with E-state index >= 15 is 0 Å². The number of carbonyl (C=O) groups excluding carboxylic acids is 1. The summed E-state index contributed by atoms with van der Waals surface area (Å²) in [6, 6.07) is 5.17. The molecule has 2 aromatic rings. The molecule has 1 atom stereocenters. The van der Waals surface area contributed by atoms with Gasteiger partial charge in [-0.05, 0) is 32.0 Å². The fourth-order valence-corrected chi connectivity index (χ4v) is 3.37. The number of aryl methyl sites for hydroxylation is 1. The molecule has 0 fully saturated rings. The van der Waals surface area contributed by atoms with Gasteiger partial charge in [0.15, 0.2) is 0 Å². The van der Waals surface area contributed by atoms with Crippen molar-refractivity contribution < 1.29 is 4.79 Å². The Labute approximate surface area is 134 Å². The average molecular weight is 348 g/mol. The van der Waals surface area contributed by atoms with Crippen LogP contribution in [0.3, 0.4) is 0 Å². The number of anilines is 1. The minimum atomic E-state index is -0.324. The molecule has 0 spiro atoms. The summed E-state index contributed by atoms with van der Waals surface area (Å²) in [5, 5.41) is 12.6. The van der Waals surface area contributed by atoms with Crippen LogP contribution in [-0.2, 0) is 4.79 Å². The van der Waals surface area contributed by atoms with Gasteiger partial charge in [0, 0.05) is 9.92 Å². The van der Waals surface area contributed by atoms with Crippen LogP contribution in [0, 0.1) is 6.92 Å². The summed E-state index contributed by atoms with van der Waals surface area (Å²) in [5.74, 6) is -0.151. The molecule has 0 saturated carbocycles. The molecule has 1 unspecified atom stereocenters. The van der Waals surface area contributed by atoms with Crippen LogP contribution in [0.2, 0.25) is 10.0 Å². The Morgan fingerprint density at radius 3 is 2.80 bits per heavy atom. The summed E-state index contributed by atoms with van der Waals surface area (Å²) in [5.41, 5.74) is 0. The minimum absolute atomic E-state index is 0.151. The first kappa shape index (κ1) is 15.6. The molecule has 20 heavy (non-hydrogen) atoms. The zero-order chi connectivity index (χ0) is 14.7. The van der Waals surface area contributed by atoms with E-state index in [4.69, 9.17) is 23.2 Å². The smallest absolute Gasteiger partial charge is 0.239 e. The highest BCUT2D eigenvalue weighted by Crippen LogP contribution is 2.33. The summed E-state index contributed by atoms with van der Waals surface area (Å²) >= 11 is 14.7. The van der Waals surface area contributed by atoms with Crippen LogP contribution in [0.15, 0.2) is 23.1 Å². The van der Waals surface area contributed by atoms with E-state index in [0.29, 0.717) is 15.2 Å². The number of hydrogen-bond acceptors (Lipinski definition) is 5. The molecule has 0 aliphatic heterocycles. The van der Waals surface area contributed by atoms with Gasteiger partial charge in [-0.3, -0.25) is 10.1 Å². The molecule has 1 aromatic carbocycles. The average Bonchev–Trinajstić information content (AvgIpc) is 2.79. The second kappa shape index (κ2) is 6.76. The van der Waals surface area contributed by atoms with E-state index in [2.05, 4.69) is 15.5 Å². The predicted octanol–water partition coefficient (Wildman–Crippen LogP) is 4.27. The number of benzene rings is 1. The molecule has 0 aliphatic rings. The lowest BCUT2D eigenvalue weighted by Crippen LogP contribution is -2.22. The summed E-state index contributed by atoms with van der Waals surface area (Å²) in [4.78, 5) is 12.8. The Morgan fingerprint density at radius 1 is 1.40 bits per heavy atom. The zero-order valence-corrected chi connectivity index (χ0v) is 13.8. The maximum Gasteiger partial charge on any atom is 0.239 e. The maximum atomic E-state index is 12.1. The highest BCUT2D eigenvalue weighted by atomic mass is 35.5. The van der Waals surface area contributed by atoms with Crippen molar-refractivity contribution in [1.29, 1.82) is 0 Å². The Hall–Kier alpha value is -0.820. The van der Waals surface area contributed by atoms with Gasteiger partial charge in [0.05, 0.1) is 10.3 Å². The lowest BCUT2D eigenvalue weighted by Gasteiger charge is -2.11. The quantitative estimate of drug-likeness (QED) is 0.839. The molecule has 2 rings (SSSR count). The van der Waals surface area contributed by atoms with E-state index in [1.54, 1.807) is 25.1 Å². The van der Waals surface area contributed by atoms with Crippen LogP contribution in [0.1, 0.15) is 11.9 Å². The van der Waals surface area contributed by atoms with Gasteiger partial charge in [-0.25, -0.2) is 0 Å². The van der Waals surface area contributed by atoms with Gasteiger partial charge in [-0.15, -0.1) is 22.0 Å². The van der Waals surface area contributed by atoms with Gasteiger partial charge in [0.2, 0.25) is 11.0 Å². The first-order valence-corrected chi connectivity index (χ1v) is 8.13. The number of nitrogens with zero attached hydrogens (tertiary/aromatic N) is 2. The van der Waals surface area contributed by atoms with Crippen LogP contribution in [-0.4, -0.2) is 21.4 Å². The largest absolute Gasteiger partial charge is 0.300 e. The first-order chi connectivity index (χ1) is 9.45. The van der Waals surface area contributed by atoms with E-state index in [1.165, 1.54) is 23.1 Å². The molecular weight excluding hydrogens is 337 g/mol. The number of halogens is 2. The van der Waals surface area contributed by atoms with Crippen LogP contribution >= 0.6 is 46.3 Å². The Bertz CT molecular complexity index is 633. The number of carbonyl (C=O) groups is 1. The molecule has 0 aliphatic carbocycles. The summed E-state index contributed by atoms with van der Waals surface area (Å²) in [6.07, 6.45) is 0. The van der Waals surface area contributed by atoms with Crippen molar-refractivity contribution in [2.75, 3.05) is 5.32 Å². The van der Waals surface area contributed by atoms with Gasteiger partial charge >= 0.3 is 0 Å². The molecule has 0 radical (unpaired) electrons. The monoisotopic (exact) mass is 347 g/mol. The Morgan fingerprint density at radius 2 is 2.15 bits per heavy atom. The molecule has 0 bridgehead atoms. The first-order valence-electron chi connectivity index (χ1n) is 5.68. The fraction of sp³-hybridized carbons (Fsp3) is 0.250. The highest BCUT2D eigenvalue weighted by molar-refractivity contribution is 8.00. The van der Waals surface area contributed by atoms with Crippen LogP contribution < -0.4 is 5.32 Å². The van der Waals surface area contributed by atoms with Gasteiger partial charge in [-0.2, -0.15) is 0 Å². The molecule has 106 valence electrons. The van der Waals surface area contributed by atoms with Crippen LogP contribution in [0.4, 0.5) is 5.13 Å². The van der Waals surface area contributed by atoms with Crippen molar-refractivity contribution in [3.8, 4) is 0 Å². The maximum absolute atomic E-state index is 12.1. The third-order valence-electron chi connectivity index (χ3n) is 2.32. The molecule has 1 aromatic heterocycles. The van der Waals surface area contributed by atoms with Crippen molar-refractivity contribution in [3.63, 3.8) is 0 Å². The normalized spacial score (nSPS) is 12.2. The van der Waals surface area contributed by atoms with E-state index in [-0.39, 0.29) is 11.2 Å². The second-order valence-electron chi connectivity index (χ2n) is 3.95. The van der Waals surface area contributed by atoms with E-state index in [0.717, 1.165) is 9.90 Å². The van der Waals surface area contributed by atoms with E-state index in [1.807, 2.05) is 6.92 Å². The number of amides is 1. The standard InChI is InChI=1S/C12H11Cl2N3OS2/c1-6(11(18)15-12-17-16-7(2)20-12)19-10-5-8(13)3-4-9(10)14/h3-6H,1-2H3,(H,15,17,18). The summed E-state index contributed by atoms with van der Waals surface area (Å²) in [6.45, 7) is 3.63. The van der Waals surface area contributed by atoms with Gasteiger partial charge in [0.25, 0.3) is 0 Å². The van der Waals surface area contributed by atoms with Crippen molar-refractivity contribution in [2.24, 2.45) is 0 Å². The molecule has 1 amide bonds. The summed E-state index contributed by atoms with van der Waals surface area (Å²) in [7, 11) is 0. The van der Waals surface area contributed by atoms with Crippen molar-refractivity contribution in [2.45, 2.75) is 24.0 Å². The number of aromatic nitrogens is 2. The summed E-state index contributed by atoms with van der Waals surface area (Å²) < 4.78 is 0. The molecule has 8 heteroatoms. The number of nitrogens with one attached hydrogen (secondary N) is 1. The van der Waals surface area contributed by atoms with Crippen molar-refractivity contribution >= 4 is 57.3 Å². The van der Waals surface area contributed by atoms with Crippen LogP contribution in [0.25, 0.3) is 0 Å². The number of hydrogen-bond donors (Lipinski definition) is 1. The second-order valence-corrected chi connectivity index (χ2v) is 7.36. The third kappa shape index (κ3) is 4.09. The lowest BCUT2D eigenvalue weighted by atomic mass is 10.4. The SMILES string of the molecule is Cc1nnc(NC(=O)C(C)Sc2cc(Cl)ccc2Cl)s1. The van der Waals surface area contributed by atoms with Crippen molar-refractivity contribution in [3.05, 3.63) is 33.3 Å². The Balaban J connectivity index is 2.02. The Kier molecular flexibility index (Phi) is 5.26.